The highest BCUT2D eigenvalue weighted by Gasteiger charge is 2.17. The molecular formula is C51H30N4OS. The molecule has 0 aliphatic heterocycles. The number of benzene rings is 8. The maximum atomic E-state index is 6.49. The first-order valence-corrected chi connectivity index (χ1v) is 19.8. The van der Waals surface area contributed by atoms with Crippen molar-refractivity contribution in [2.75, 3.05) is 0 Å². The summed E-state index contributed by atoms with van der Waals surface area (Å²) in [5, 5.41) is 7.19. The molecule has 4 heterocycles. The molecule has 0 aliphatic carbocycles. The molecule has 0 spiro atoms. The van der Waals surface area contributed by atoms with Crippen LogP contribution in [-0.2, 0) is 0 Å². The standard InChI is InChI=1S/C51H30N4OS/c1-3-11-31(12-4-1)49-52-50(32-13-5-2-6-14-32)54-51(53-49)35-19-23-39-40-27-33(20-24-45(40)56-46(39)29-35)34-21-25-47-41(28-34)42-30-36(22-26-48(42)57-47)55-43-17-9-7-15-37(43)38-16-8-10-18-44(38)55/h1-30H. The van der Waals surface area contributed by atoms with Gasteiger partial charge in [0.15, 0.2) is 17.5 Å². The van der Waals surface area contributed by atoms with Gasteiger partial charge in [0.05, 0.1) is 11.0 Å². The van der Waals surface area contributed by atoms with E-state index in [1.807, 2.05) is 78.1 Å². The van der Waals surface area contributed by atoms with E-state index in [0.29, 0.717) is 17.5 Å². The molecule has 4 aromatic heterocycles. The number of aromatic nitrogens is 4. The molecule has 12 rings (SSSR count). The first kappa shape index (κ1) is 31.9. The Hall–Kier alpha value is -7.41. The van der Waals surface area contributed by atoms with Crippen LogP contribution in [-0.4, -0.2) is 19.5 Å². The van der Waals surface area contributed by atoms with Gasteiger partial charge in [-0.2, -0.15) is 0 Å². The molecule has 0 atom stereocenters. The normalized spacial score (nSPS) is 11.9. The molecule has 0 saturated carbocycles. The molecule has 0 N–H and O–H groups in total. The summed E-state index contributed by atoms with van der Waals surface area (Å²) in [5.74, 6) is 1.86. The monoisotopic (exact) mass is 746 g/mol. The predicted molar refractivity (Wildman–Crippen MR) is 236 cm³/mol. The number of rotatable bonds is 5. The summed E-state index contributed by atoms with van der Waals surface area (Å²) in [6.07, 6.45) is 0. The quantitative estimate of drug-likeness (QED) is 0.176. The highest BCUT2D eigenvalue weighted by molar-refractivity contribution is 7.25. The third-order valence-electron chi connectivity index (χ3n) is 11.1. The Morgan fingerprint density at radius 2 is 0.877 bits per heavy atom. The largest absolute Gasteiger partial charge is 0.456 e. The first-order chi connectivity index (χ1) is 28.2. The lowest BCUT2D eigenvalue weighted by Crippen LogP contribution is -2.00. The summed E-state index contributed by atoms with van der Waals surface area (Å²) in [5.41, 5.74) is 10.3. The van der Waals surface area contributed by atoms with Crippen molar-refractivity contribution in [1.82, 2.24) is 19.5 Å². The summed E-state index contributed by atoms with van der Waals surface area (Å²) >= 11 is 1.84. The SMILES string of the molecule is c1ccc(-c2nc(-c3ccccc3)nc(-c3ccc4c(c3)oc3ccc(-c5ccc6sc7ccc(-n8c9ccccc9c9ccccc98)cc7c6c5)cc34)n2)cc1. The second-order valence-corrected chi connectivity index (χ2v) is 15.5. The molecule has 12 aromatic rings. The van der Waals surface area contributed by atoms with Crippen LogP contribution in [0.5, 0.6) is 0 Å². The van der Waals surface area contributed by atoms with E-state index in [1.165, 1.54) is 53.2 Å². The van der Waals surface area contributed by atoms with Crippen LogP contribution >= 0.6 is 11.3 Å². The summed E-state index contributed by atoms with van der Waals surface area (Å²) in [6, 6.07) is 64.0. The molecular weight excluding hydrogens is 717 g/mol. The summed E-state index contributed by atoms with van der Waals surface area (Å²) in [4.78, 5) is 14.7. The maximum Gasteiger partial charge on any atom is 0.164 e. The van der Waals surface area contributed by atoms with E-state index < -0.39 is 0 Å². The van der Waals surface area contributed by atoms with Gasteiger partial charge in [-0.1, -0.05) is 115 Å². The van der Waals surface area contributed by atoms with Gasteiger partial charge in [-0.25, -0.2) is 15.0 Å². The predicted octanol–water partition coefficient (Wildman–Crippen LogP) is 13.9. The van der Waals surface area contributed by atoms with E-state index in [4.69, 9.17) is 19.4 Å². The number of hydrogen-bond donors (Lipinski definition) is 0. The number of furan rings is 1. The second-order valence-electron chi connectivity index (χ2n) is 14.4. The third-order valence-corrected chi connectivity index (χ3v) is 12.2. The summed E-state index contributed by atoms with van der Waals surface area (Å²) in [6.45, 7) is 0. The zero-order chi connectivity index (χ0) is 37.5. The van der Waals surface area contributed by atoms with Gasteiger partial charge in [0.1, 0.15) is 11.2 Å². The summed E-state index contributed by atoms with van der Waals surface area (Å²) in [7, 11) is 0. The van der Waals surface area contributed by atoms with Gasteiger partial charge in [0.25, 0.3) is 0 Å². The molecule has 57 heavy (non-hydrogen) atoms. The molecule has 0 fully saturated rings. The molecule has 8 aromatic carbocycles. The van der Waals surface area contributed by atoms with Crippen LogP contribution in [0.3, 0.4) is 0 Å². The fourth-order valence-corrected chi connectivity index (χ4v) is 9.39. The smallest absolute Gasteiger partial charge is 0.164 e. The van der Waals surface area contributed by atoms with Gasteiger partial charge in [-0.15, -0.1) is 11.3 Å². The Morgan fingerprint density at radius 1 is 0.351 bits per heavy atom. The molecule has 0 amide bonds. The van der Waals surface area contributed by atoms with Crippen LogP contribution in [0.25, 0.3) is 115 Å². The van der Waals surface area contributed by atoms with Crippen molar-refractivity contribution in [2.24, 2.45) is 0 Å². The van der Waals surface area contributed by atoms with E-state index in [2.05, 4.69) is 120 Å². The maximum absolute atomic E-state index is 6.49. The van der Waals surface area contributed by atoms with Crippen LogP contribution in [0.1, 0.15) is 0 Å². The lowest BCUT2D eigenvalue weighted by atomic mass is 10.0. The van der Waals surface area contributed by atoms with Crippen molar-refractivity contribution in [1.29, 1.82) is 0 Å². The highest BCUT2D eigenvalue weighted by atomic mass is 32.1. The third kappa shape index (κ3) is 5.19. The van der Waals surface area contributed by atoms with Crippen LogP contribution in [0, 0.1) is 0 Å². The van der Waals surface area contributed by atoms with Gasteiger partial charge in [-0.05, 0) is 77.9 Å². The van der Waals surface area contributed by atoms with E-state index in [0.717, 1.165) is 44.2 Å². The second kappa shape index (κ2) is 12.6. The van der Waals surface area contributed by atoms with E-state index in [1.54, 1.807) is 0 Å². The van der Waals surface area contributed by atoms with E-state index in [-0.39, 0.29) is 0 Å². The van der Waals surface area contributed by atoms with Crippen molar-refractivity contribution in [2.45, 2.75) is 0 Å². The lowest BCUT2D eigenvalue weighted by molar-refractivity contribution is 0.669. The van der Waals surface area contributed by atoms with Crippen LogP contribution in [0.4, 0.5) is 0 Å². The average Bonchev–Trinajstić information content (AvgIpc) is 3.95. The highest BCUT2D eigenvalue weighted by Crippen LogP contribution is 2.41. The number of hydrogen-bond acceptors (Lipinski definition) is 5. The Balaban J connectivity index is 0.948. The fourth-order valence-electron chi connectivity index (χ4n) is 8.32. The minimum Gasteiger partial charge on any atom is -0.456 e. The zero-order valence-electron chi connectivity index (χ0n) is 30.4. The number of thiophene rings is 1. The Labute approximate surface area is 330 Å². The van der Waals surface area contributed by atoms with Crippen molar-refractivity contribution in [3.8, 4) is 51.0 Å². The zero-order valence-corrected chi connectivity index (χ0v) is 31.2. The molecule has 0 aliphatic rings. The lowest BCUT2D eigenvalue weighted by Gasteiger charge is -2.08. The van der Waals surface area contributed by atoms with Crippen molar-refractivity contribution in [3.63, 3.8) is 0 Å². The van der Waals surface area contributed by atoms with Gasteiger partial charge < -0.3 is 8.98 Å². The minimum absolute atomic E-state index is 0.600. The molecule has 0 unspecified atom stereocenters. The number of para-hydroxylation sites is 2. The van der Waals surface area contributed by atoms with Crippen LogP contribution < -0.4 is 0 Å². The van der Waals surface area contributed by atoms with Crippen molar-refractivity contribution in [3.05, 3.63) is 182 Å². The topological polar surface area (TPSA) is 56.7 Å². The molecule has 6 heteroatoms. The fraction of sp³-hybridized carbons (Fsp3) is 0. The van der Waals surface area contributed by atoms with Crippen molar-refractivity contribution >= 4 is 75.3 Å². The Kier molecular flexibility index (Phi) is 7.03. The minimum atomic E-state index is 0.600. The van der Waals surface area contributed by atoms with Crippen molar-refractivity contribution < 1.29 is 4.42 Å². The number of fused-ring (bicyclic) bond motifs is 9. The molecule has 5 nitrogen and oxygen atoms in total. The van der Waals surface area contributed by atoms with Crippen LogP contribution in [0.2, 0.25) is 0 Å². The van der Waals surface area contributed by atoms with E-state index >= 15 is 0 Å². The van der Waals surface area contributed by atoms with Gasteiger partial charge >= 0.3 is 0 Å². The Morgan fingerprint density at radius 3 is 1.54 bits per heavy atom. The summed E-state index contributed by atoms with van der Waals surface area (Å²) < 4.78 is 11.4. The molecule has 0 bridgehead atoms. The van der Waals surface area contributed by atoms with Gasteiger partial charge in [0, 0.05) is 64.1 Å². The van der Waals surface area contributed by atoms with Gasteiger partial charge in [0.2, 0.25) is 0 Å². The van der Waals surface area contributed by atoms with Gasteiger partial charge in [-0.3, -0.25) is 0 Å². The first-order valence-electron chi connectivity index (χ1n) is 19.0. The average molecular weight is 747 g/mol. The number of nitrogens with zero attached hydrogens (tertiary/aromatic N) is 4. The molecule has 0 saturated heterocycles. The van der Waals surface area contributed by atoms with Crippen LogP contribution in [0.15, 0.2) is 186 Å². The molecule has 0 radical (unpaired) electrons. The van der Waals surface area contributed by atoms with E-state index in [9.17, 15) is 0 Å². The molecule has 266 valence electrons. The Bertz CT molecular complexity index is 3420.